The number of nitrogens with one attached hydrogen (secondary N) is 1. The summed E-state index contributed by atoms with van der Waals surface area (Å²) in [5.41, 5.74) is 0. The average Bonchev–Trinajstić information content (AvgIpc) is 2.59. The maximum absolute atomic E-state index is 11.8. The Morgan fingerprint density at radius 2 is 1.22 bits per heavy atom. The summed E-state index contributed by atoms with van der Waals surface area (Å²) in [5.74, 6) is 0. The Labute approximate surface area is 142 Å². The van der Waals surface area contributed by atoms with Gasteiger partial charge >= 0.3 is 6.03 Å². The van der Waals surface area contributed by atoms with Crippen molar-refractivity contribution in [1.29, 1.82) is 0 Å². The molecule has 1 N–H and O–H groups in total. The fourth-order valence-corrected chi connectivity index (χ4v) is 2.79. The van der Waals surface area contributed by atoms with Gasteiger partial charge in [-0.2, -0.15) is 9.36 Å². The maximum atomic E-state index is 11.8. The lowest BCUT2D eigenvalue weighted by atomic mass is 10.1. The predicted octanol–water partition coefficient (Wildman–Crippen LogP) is 5.23. The van der Waals surface area contributed by atoms with Crippen molar-refractivity contribution >= 4 is 6.03 Å². The van der Waals surface area contributed by atoms with E-state index >= 15 is 0 Å². The minimum atomic E-state index is -0.0336. The molecule has 0 spiro atoms. The Kier molecular flexibility index (Phi) is 12.2. The number of hydrogen-bond donors (Lipinski definition) is 1. The summed E-state index contributed by atoms with van der Waals surface area (Å²) >= 11 is 0. The van der Waals surface area contributed by atoms with Crippen LogP contribution in [0.1, 0.15) is 84.0 Å². The topological polar surface area (TPSA) is 33.0 Å². The van der Waals surface area contributed by atoms with Crippen LogP contribution in [0.25, 0.3) is 0 Å². The minimum absolute atomic E-state index is 0.0336. The first-order valence-electron chi connectivity index (χ1n) is 9.59. The molecule has 0 radical (unpaired) electrons. The fraction of sp³-hybridized carbons (Fsp3) is 0.700. The molecule has 1 rings (SSSR count). The molecule has 0 unspecified atom stereocenters. The third-order valence-corrected chi connectivity index (χ3v) is 4.26. The molecule has 1 amide bonds. The van der Waals surface area contributed by atoms with Gasteiger partial charge in [-0.25, -0.2) is 5.32 Å². The molecule has 0 saturated carbocycles. The van der Waals surface area contributed by atoms with E-state index in [9.17, 15) is 4.79 Å². The normalized spacial score (nSPS) is 10.7. The third kappa shape index (κ3) is 10.9. The number of rotatable bonds is 13. The van der Waals surface area contributed by atoms with E-state index in [1.165, 1.54) is 70.6 Å². The fourth-order valence-electron chi connectivity index (χ4n) is 2.79. The van der Waals surface area contributed by atoms with Gasteiger partial charge in [0, 0.05) is 0 Å². The number of hydrogen-bond acceptors (Lipinski definition) is 1. The standard InChI is InChI=1S/C20H34N2O/c1-2-3-4-5-6-7-8-9-10-11-12-14-17-21-20(23)22-18-15-13-16-19-22/h13,15-16,18-19H,2-12,14,17H2,1H3/p+1. The van der Waals surface area contributed by atoms with E-state index in [4.69, 9.17) is 0 Å². The molecule has 0 aliphatic carbocycles. The van der Waals surface area contributed by atoms with Crippen molar-refractivity contribution in [1.82, 2.24) is 5.32 Å². The summed E-state index contributed by atoms with van der Waals surface area (Å²) in [6.45, 7) is 3.05. The second kappa shape index (κ2) is 14.2. The molecule has 0 aliphatic rings. The summed E-state index contributed by atoms with van der Waals surface area (Å²) in [6, 6.07) is 5.61. The van der Waals surface area contributed by atoms with Crippen molar-refractivity contribution in [2.24, 2.45) is 0 Å². The van der Waals surface area contributed by atoms with Crippen molar-refractivity contribution < 1.29 is 9.36 Å². The Morgan fingerprint density at radius 1 is 0.739 bits per heavy atom. The molecule has 0 aliphatic heterocycles. The number of aromatic nitrogens is 1. The van der Waals surface area contributed by atoms with Crippen LogP contribution in [0.3, 0.4) is 0 Å². The van der Waals surface area contributed by atoms with Crippen molar-refractivity contribution in [3.8, 4) is 0 Å². The van der Waals surface area contributed by atoms with E-state index in [0.29, 0.717) is 0 Å². The van der Waals surface area contributed by atoms with Crippen LogP contribution in [-0.2, 0) is 0 Å². The van der Waals surface area contributed by atoms with Crippen molar-refractivity contribution in [3.05, 3.63) is 30.6 Å². The zero-order valence-corrected chi connectivity index (χ0v) is 14.9. The van der Waals surface area contributed by atoms with Crippen LogP contribution in [0, 0.1) is 0 Å². The Balaban J connectivity index is 1.82. The first-order chi connectivity index (χ1) is 11.3. The number of nitrogens with zero attached hydrogens (tertiary/aromatic N) is 1. The quantitative estimate of drug-likeness (QED) is 0.392. The summed E-state index contributed by atoms with van der Waals surface area (Å²) < 4.78 is 1.58. The van der Waals surface area contributed by atoms with Gasteiger partial charge in [0.15, 0.2) is 0 Å². The molecule has 3 nitrogen and oxygen atoms in total. The molecule has 0 aromatic carbocycles. The molecule has 1 aromatic heterocycles. The van der Waals surface area contributed by atoms with E-state index < -0.39 is 0 Å². The van der Waals surface area contributed by atoms with Crippen molar-refractivity contribution in [2.75, 3.05) is 6.54 Å². The molecular weight excluding hydrogens is 284 g/mol. The van der Waals surface area contributed by atoms with Gasteiger partial charge in [0.1, 0.15) is 0 Å². The molecule has 0 fully saturated rings. The summed E-state index contributed by atoms with van der Waals surface area (Å²) in [7, 11) is 0. The van der Waals surface area contributed by atoms with Gasteiger partial charge in [0.2, 0.25) is 0 Å². The van der Waals surface area contributed by atoms with Crippen LogP contribution in [0.5, 0.6) is 0 Å². The van der Waals surface area contributed by atoms with E-state index in [1.807, 2.05) is 18.2 Å². The highest BCUT2D eigenvalue weighted by molar-refractivity contribution is 5.63. The first kappa shape index (κ1) is 19.7. The van der Waals surface area contributed by atoms with Crippen molar-refractivity contribution in [2.45, 2.75) is 84.0 Å². The number of pyridine rings is 1. The van der Waals surface area contributed by atoms with E-state index in [-0.39, 0.29) is 6.03 Å². The second-order valence-electron chi connectivity index (χ2n) is 6.40. The Morgan fingerprint density at radius 3 is 1.74 bits per heavy atom. The lowest BCUT2D eigenvalue weighted by Crippen LogP contribution is -2.49. The highest BCUT2D eigenvalue weighted by Gasteiger charge is 2.09. The monoisotopic (exact) mass is 319 g/mol. The van der Waals surface area contributed by atoms with E-state index in [0.717, 1.165) is 13.0 Å². The predicted molar refractivity (Wildman–Crippen MR) is 96.5 cm³/mol. The summed E-state index contributed by atoms with van der Waals surface area (Å²) in [5, 5.41) is 2.96. The number of carbonyl (C=O) groups excluding carboxylic acids is 1. The highest BCUT2D eigenvalue weighted by atomic mass is 16.2. The van der Waals surface area contributed by atoms with E-state index in [2.05, 4.69) is 12.2 Å². The molecule has 0 atom stereocenters. The molecule has 0 saturated heterocycles. The van der Waals surface area contributed by atoms with Gasteiger partial charge in [-0.05, 0) is 25.0 Å². The molecule has 0 bridgehead atoms. The van der Waals surface area contributed by atoms with Gasteiger partial charge in [0.05, 0.1) is 18.9 Å². The van der Waals surface area contributed by atoms with Gasteiger partial charge in [-0.3, -0.25) is 0 Å². The molecule has 130 valence electrons. The lowest BCUT2D eigenvalue weighted by molar-refractivity contribution is -0.572. The SMILES string of the molecule is CCCCCCCCCCCCCCNC(=O)[n+]1ccccc1. The summed E-state index contributed by atoms with van der Waals surface area (Å²) in [6.07, 6.45) is 19.7. The number of amides is 1. The van der Waals surface area contributed by atoms with Crippen LogP contribution in [0.15, 0.2) is 30.6 Å². The smallest absolute Gasteiger partial charge is 0.238 e. The van der Waals surface area contributed by atoms with Crippen LogP contribution >= 0.6 is 0 Å². The number of carbonyl (C=O) groups is 1. The Hall–Kier alpha value is -1.38. The highest BCUT2D eigenvalue weighted by Crippen LogP contribution is 2.11. The molecule has 1 aromatic rings. The van der Waals surface area contributed by atoms with E-state index in [1.54, 1.807) is 17.0 Å². The van der Waals surface area contributed by atoms with Crippen LogP contribution in [0.4, 0.5) is 4.79 Å². The molecule has 3 heteroatoms. The zero-order chi connectivity index (χ0) is 16.6. The van der Waals surface area contributed by atoms with Gasteiger partial charge < -0.3 is 0 Å². The maximum Gasteiger partial charge on any atom is 0.495 e. The lowest BCUT2D eigenvalue weighted by Gasteiger charge is -2.02. The second-order valence-corrected chi connectivity index (χ2v) is 6.40. The largest absolute Gasteiger partial charge is 0.495 e. The van der Waals surface area contributed by atoms with Crippen LogP contribution < -0.4 is 9.88 Å². The average molecular weight is 320 g/mol. The minimum Gasteiger partial charge on any atom is -0.238 e. The summed E-state index contributed by atoms with van der Waals surface area (Å²) in [4.78, 5) is 11.8. The van der Waals surface area contributed by atoms with Crippen LogP contribution in [-0.4, -0.2) is 12.6 Å². The molecular formula is C20H35N2O+. The van der Waals surface area contributed by atoms with Gasteiger partial charge in [0.25, 0.3) is 0 Å². The van der Waals surface area contributed by atoms with Gasteiger partial charge in [-0.1, -0.05) is 77.2 Å². The molecule has 23 heavy (non-hydrogen) atoms. The first-order valence-corrected chi connectivity index (χ1v) is 9.59. The van der Waals surface area contributed by atoms with Crippen LogP contribution in [0.2, 0.25) is 0 Å². The van der Waals surface area contributed by atoms with Gasteiger partial charge in [-0.15, -0.1) is 0 Å². The zero-order valence-electron chi connectivity index (χ0n) is 14.9. The van der Waals surface area contributed by atoms with Crippen molar-refractivity contribution in [3.63, 3.8) is 0 Å². The number of unbranched alkanes of at least 4 members (excludes halogenated alkanes) is 11. The third-order valence-electron chi connectivity index (χ3n) is 4.26. The Bertz CT molecular complexity index is 392. The molecule has 1 heterocycles.